The summed E-state index contributed by atoms with van der Waals surface area (Å²) < 4.78 is 32.6. The number of aryl methyl sites for hydroxylation is 1. The first kappa shape index (κ1) is 25.5. The average molecular weight is 554 g/mol. The monoisotopic (exact) mass is 553 g/mol. The predicted octanol–water partition coefficient (Wildman–Crippen LogP) is 5.65. The summed E-state index contributed by atoms with van der Waals surface area (Å²) in [6.07, 6.45) is 5.39. The molecule has 0 spiro atoms. The number of carboxylic acids is 1. The molecule has 202 valence electrons. The first-order chi connectivity index (χ1) is 18.8. The van der Waals surface area contributed by atoms with E-state index < -0.39 is 12.6 Å². The minimum atomic E-state index is -2.95. The fourth-order valence-corrected chi connectivity index (χ4v) is 6.29. The van der Waals surface area contributed by atoms with Crippen molar-refractivity contribution in [2.75, 3.05) is 18.0 Å². The van der Waals surface area contributed by atoms with Gasteiger partial charge in [-0.3, -0.25) is 4.79 Å². The number of piperidine rings is 1. The molecule has 1 saturated carbocycles. The molecule has 6 rings (SSSR count). The van der Waals surface area contributed by atoms with Gasteiger partial charge in [-0.15, -0.1) is 0 Å². The molecule has 0 amide bonds. The first-order valence-corrected chi connectivity index (χ1v) is 13.1. The van der Waals surface area contributed by atoms with Crippen LogP contribution in [0.1, 0.15) is 24.2 Å². The number of aliphatic carboxylic acids is 1. The van der Waals surface area contributed by atoms with E-state index in [1.54, 1.807) is 18.5 Å². The standard InChI is InChI=1S/C28H26ClF2N5O3/c1-15-34-22-6-4-16(9-23(22)36(15)14-19-8-21(29)5-7-24(19)39-27(30)31)20-10-32-28(33-11-20)35-12-17-2-3-18(13-35)25(17)26(37)38/h4-11,17-18,25,27H,2-3,12-14H2,1H3,(H,37,38)/t17-,18+,25-. The summed E-state index contributed by atoms with van der Waals surface area (Å²) in [6.45, 7) is 0.462. The molecular weight excluding hydrogens is 528 g/mol. The Bertz CT molecular complexity index is 1530. The lowest BCUT2D eigenvalue weighted by Crippen LogP contribution is -2.45. The lowest BCUT2D eigenvalue weighted by molar-refractivity contribution is -0.144. The van der Waals surface area contributed by atoms with Crippen LogP contribution >= 0.6 is 11.6 Å². The molecule has 3 atom stereocenters. The number of hydrogen-bond donors (Lipinski definition) is 1. The molecule has 39 heavy (non-hydrogen) atoms. The molecule has 2 aromatic heterocycles. The molecular formula is C28H26ClF2N5O3. The molecule has 1 N–H and O–H groups in total. The Balaban J connectivity index is 1.27. The third-order valence-electron chi connectivity index (χ3n) is 7.88. The zero-order valence-corrected chi connectivity index (χ0v) is 21.9. The molecule has 2 fully saturated rings. The molecule has 3 heterocycles. The highest BCUT2D eigenvalue weighted by molar-refractivity contribution is 6.30. The number of hydrogen-bond acceptors (Lipinski definition) is 6. The second-order valence-corrected chi connectivity index (χ2v) is 10.7. The van der Waals surface area contributed by atoms with Gasteiger partial charge in [-0.2, -0.15) is 8.78 Å². The summed E-state index contributed by atoms with van der Waals surface area (Å²) >= 11 is 6.15. The van der Waals surface area contributed by atoms with Gasteiger partial charge in [-0.05, 0) is 67.5 Å². The number of fused-ring (bicyclic) bond motifs is 3. The lowest BCUT2D eigenvalue weighted by Gasteiger charge is -2.35. The second-order valence-electron chi connectivity index (χ2n) is 10.2. The smallest absolute Gasteiger partial charge is 0.387 e. The molecule has 0 unspecified atom stereocenters. The molecule has 1 saturated heterocycles. The predicted molar refractivity (Wildman–Crippen MR) is 142 cm³/mol. The first-order valence-electron chi connectivity index (χ1n) is 12.8. The van der Waals surface area contributed by atoms with Crippen molar-refractivity contribution in [2.45, 2.75) is 32.9 Å². The molecule has 1 aliphatic carbocycles. The summed E-state index contributed by atoms with van der Waals surface area (Å²) in [7, 11) is 0. The van der Waals surface area contributed by atoms with E-state index in [9.17, 15) is 18.7 Å². The quantitative estimate of drug-likeness (QED) is 0.316. The Hall–Kier alpha value is -3.79. The highest BCUT2D eigenvalue weighted by Crippen LogP contribution is 2.42. The summed E-state index contributed by atoms with van der Waals surface area (Å²) in [5, 5.41) is 10.0. The van der Waals surface area contributed by atoms with E-state index in [0.717, 1.165) is 40.8 Å². The van der Waals surface area contributed by atoms with E-state index in [0.29, 0.717) is 29.6 Å². The van der Waals surface area contributed by atoms with Crippen molar-refractivity contribution in [3.63, 3.8) is 0 Å². The van der Waals surface area contributed by atoms with E-state index in [2.05, 4.69) is 19.9 Å². The fourth-order valence-electron chi connectivity index (χ4n) is 6.10. The average Bonchev–Trinajstić information content (AvgIpc) is 3.37. The van der Waals surface area contributed by atoms with E-state index in [1.165, 1.54) is 12.1 Å². The molecule has 8 nitrogen and oxygen atoms in total. The van der Waals surface area contributed by atoms with Crippen molar-refractivity contribution >= 4 is 34.6 Å². The van der Waals surface area contributed by atoms with Crippen LogP contribution in [0.15, 0.2) is 48.8 Å². The molecule has 2 bridgehead atoms. The van der Waals surface area contributed by atoms with E-state index >= 15 is 0 Å². The summed E-state index contributed by atoms with van der Waals surface area (Å²) in [6, 6.07) is 10.4. The Morgan fingerprint density at radius 2 is 1.82 bits per heavy atom. The Morgan fingerprint density at radius 1 is 1.10 bits per heavy atom. The molecule has 2 aliphatic rings. The van der Waals surface area contributed by atoms with Crippen molar-refractivity contribution in [1.29, 1.82) is 0 Å². The van der Waals surface area contributed by atoms with Crippen LogP contribution in [-0.2, 0) is 11.3 Å². The van der Waals surface area contributed by atoms with Crippen molar-refractivity contribution in [2.24, 2.45) is 17.8 Å². The van der Waals surface area contributed by atoms with Crippen LogP contribution in [0.25, 0.3) is 22.2 Å². The highest BCUT2D eigenvalue weighted by Gasteiger charge is 2.46. The van der Waals surface area contributed by atoms with Crippen LogP contribution in [-0.4, -0.2) is 50.3 Å². The van der Waals surface area contributed by atoms with Crippen LogP contribution in [0.4, 0.5) is 14.7 Å². The summed E-state index contributed by atoms with van der Waals surface area (Å²) in [5.41, 5.74) is 3.81. The lowest BCUT2D eigenvalue weighted by atomic mass is 9.85. The van der Waals surface area contributed by atoms with Gasteiger partial charge in [-0.25, -0.2) is 15.0 Å². The number of benzene rings is 2. The zero-order valence-electron chi connectivity index (χ0n) is 21.1. The largest absolute Gasteiger partial charge is 0.481 e. The number of aromatic nitrogens is 4. The normalized spacial score (nSPS) is 20.6. The topological polar surface area (TPSA) is 93.4 Å². The van der Waals surface area contributed by atoms with E-state index in [-0.39, 0.29) is 30.0 Å². The second kappa shape index (κ2) is 10.1. The highest BCUT2D eigenvalue weighted by atomic mass is 35.5. The number of rotatable bonds is 7. The number of imidazole rings is 1. The number of nitrogens with zero attached hydrogens (tertiary/aromatic N) is 5. The third kappa shape index (κ3) is 4.89. The third-order valence-corrected chi connectivity index (χ3v) is 8.11. The van der Waals surface area contributed by atoms with Gasteiger partial charge < -0.3 is 19.3 Å². The van der Waals surface area contributed by atoms with Gasteiger partial charge in [0.05, 0.1) is 23.5 Å². The van der Waals surface area contributed by atoms with Crippen molar-refractivity contribution in [3.05, 3.63) is 65.2 Å². The maximum Gasteiger partial charge on any atom is 0.387 e. The maximum absolute atomic E-state index is 13.0. The Morgan fingerprint density at radius 3 is 2.49 bits per heavy atom. The number of carbonyl (C=O) groups is 1. The van der Waals surface area contributed by atoms with Gasteiger partial charge in [0, 0.05) is 41.6 Å². The Kier molecular flexibility index (Phi) is 6.58. The van der Waals surface area contributed by atoms with E-state index in [1.807, 2.05) is 29.7 Å². The fraction of sp³-hybridized carbons (Fsp3) is 0.357. The minimum Gasteiger partial charge on any atom is -0.481 e. The van der Waals surface area contributed by atoms with Gasteiger partial charge in [-0.1, -0.05) is 17.7 Å². The number of ether oxygens (including phenoxy) is 1. The van der Waals surface area contributed by atoms with Gasteiger partial charge in [0.15, 0.2) is 0 Å². The number of carboxylic acid groups (broad SMARTS) is 1. The molecule has 1 aliphatic heterocycles. The van der Waals surface area contributed by atoms with Crippen molar-refractivity contribution in [1.82, 2.24) is 19.5 Å². The molecule has 0 radical (unpaired) electrons. The summed E-state index contributed by atoms with van der Waals surface area (Å²) in [4.78, 5) is 27.6. The number of anilines is 1. The molecule has 4 aromatic rings. The van der Waals surface area contributed by atoms with Crippen molar-refractivity contribution in [3.8, 4) is 16.9 Å². The van der Waals surface area contributed by atoms with Gasteiger partial charge in [0.25, 0.3) is 0 Å². The molecule has 2 aromatic carbocycles. The molecule has 11 heteroatoms. The van der Waals surface area contributed by atoms with Crippen LogP contribution in [0.5, 0.6) is 5.75 Å². The summed E-state index contributed by atoms with van der Waals surface area (Å²) in [5.74, 6) is 0.673. The van der Waals surface area contributed by atoms with Crippen LogP contribution in [0.2, 0.25) is 5.02 Å². The van der Waals surface area contributed by atoms with Crippen LogP contribution < -0.4 is 9.64 Å². The maximum atomic E-state index is 13.0. The van der Waals surface area contributed by atoms with Gasteiger partial charge in [0.2, 0.25) is 5.95 Å². The van der Waals surface area contributed by atoms with Gasteiger partial charge >= 0.3 is 12.6 Å². The SMILES string of the molecule is Cc1nc2ccc(-c3cnc(N4C[C@H]5CC[C@@H](C4)[C@@H]5C(=O)O)nc3)cc2n1Cc1cc(Cl)ccc1OC(F)F. The van der Waals surface area contributed by atoms with E-state index in [4.69, 9.17) is 16.3 Å². The van der Waals surface area contributed by atoms with Crippen LogP contribution in [0, 0.1) is 24.7 Å². The van der Waals surface area contributed by atoms with Gasteiger partial charge in [0.1, 0.15) is 11.6 Å². The van der Waals surface area contributed by atoms with Crippen LogP contribution in [0.3, 0.4) is 0 Å². The Labute approximate surface area is 228 Å². The minimum absolute atomic E-state index is 0.0663. The number of alkyl halides is 2. The zero-order chi connectivity index (χ0) is 27.3. The number of halogens is 3. The van der Waals surface area contributed by atoms with Crippen molar-refractivity contribution < 1.29 is 23.4 Å².